The number of nitriles is 1. The minimum atomic E-state index is -3.46. The molecule has 4 nitrogen and oxygen atoms in total. The highest BCUT2D eigenvalue weighted by atomic mass is 32.2. The fraction of sp³-hybridized carbons (Fsp3) is 0.417. The lowest BCUT2D eigenvalue weighted by Crippen LogP contribution is -2.20. The summed E-state index contributed by atoms with van der Waals surface area (Å²) in [5.41, 5.74) is 1.99. The predicted octanol–water partition coefficient (Wildman–Crippen LogP) is 1.59. The molecule has 0 saturated carbocycles. The Hall–Kier alpha value is -1.38. The fourth-order valence-electron chi connectivity index (χ4n) is 1.70. The molecule has 1 N–H and O–H groups in total. The van der Waals surface area contributed by atoms with Crippen molar-refractivity contribution in [3.63, 3.8) is 0 Å². The van der Waals surface area contributed by atoms with Crippen LogP contribution in [0.2, 0.25) is 0 Å². The van der Waals surface area contributed by atoms with E-state index in [9.17, 15) is 8.42 Å². The van der Waals surface area contributed by atoms with Crippen molar-refractivity contribution >= 4 is 10.0 Å². The van der Waals surface area contributed by atoms with Crippen LogP contribution in [0.1, 0.15) is 30.5 Å². The number of benzene rings is 1. The lowest BCUT2D eigenvalue weighted by molar-refractivity contribution is 0.587. The Labute approximate surface area is 102 Å². The highest BCUT2D eigenvalue weighted by Gasteiger charge is 2.18. The van der Waals surface area contributed by atoms with Gasteiger partial charge < -0.3 is 0 Å². The molecule has 0 saturated heterocycles. The summed E-state index contributed by atoms with van der Waals surface area (Å²) >= 11 is 0. The number of hydrogen-bond donors (Lipinski definition) is 1. The highest BCUT2D eigenvalue weighted by Crippen LogP contribution is 2.22. The molecule has 0 bridgehead atoms. The Morgan fingerprint density at radius 1 is 1.24 bits per heavy atom. The van der Waals surface area contributed by atoms with E-state index in [0.717, 1.165) is 5.56 Å². The summed E-state index contributed by atoms with van der Waals surface area (Å²) in [5.74, 6) is 0. The van der Waals surface area contributed by atoms with Gasteiger partial charge in [-0.2, -0.15) is 5.26 Å². The molecule has 0 spiro atoms. The van der Waals surface area contributed by atoms with Gasteiger partial charge in [0, 0.05) is 0 Å². The van der Waals surface area contributed by atoms with Gasteiger partial charge in [0.1, 0.15) is 0 Å². The lowest BCUT2D eigenvalue weighted by Gasteiger charge is -2.11. The van der Waals surface area contributed by atoms with Crippen molar-refractivity contribution in [1.82, 2.24) is 4.72 Å². The Morgan fingerprint density at radius 2 is 1.82 bits per heavy atom. The minimum Gasteiger partial charge on any atom is -0.214 e. The summed E-state index contributed by atoms with van der Waals surface area (Å²) in [6, 6.07) is 5.37. The van der Waals surface area contributed by atoms with E-state index < -0.39 is 10.0 Å². The van der Waals surface area contributed by atoms with Gasteiger partial charge in [-0.15, -0.1) is 0 Å². The number of nitrogens with zero attached hydrogens (tertiary/aromatic N) is 1. The van der Waals surface area contributed by atoms with Gasteiger partial charge in [-0.25, -0.2) is 13.1 Å². The summed E-state index contributed by atoms with van der Waals surface area (Å²) in [6.07, 6.45) is 1.22. The van der Waals surface area contributed by atoms with E-state index in [-0.39, 0.29) is 4.90 Å². The molecule has 0 aliphatic carbocycles. The third kappa shape index (κ3) is 2.65. The monoisotopic (exact) mass is 252 g/mol. The van der Waals surface area contributed by atoms with Crippen molar-refractivity contribution in [3.05, 3.63) is 28.8 Å². The first-order valence-corrected chi connectivity index (χ1v) is 6.97. The van der Waals surface area contributed by atoms with Crippen molar-refractivity contribution in [3.8, 4) is 6.07 Å². The van der Waals surface area contributed by atoms with Crippen LogP contribution < -0.4 is 4.72 Å². The lowest BCUT2D eigenvalue weighted by atomic mass is 10.0. The molecule has 0 aromatic heterocycles. The van der Waals surface area contributed by atoms with E-state index in [4.69, 9.17) is 5.26 Å². The first-order valence-electron chi connectivity index (χ1n) is 5.49. The second-order valence-electron chi connectivity index (χ2n) is 3.64. The average molecular weight is 252 g/mol. The predicted molar refractivity (Wildman–Crippen MR) is 66.2 cm³/mol. The van der Waals surface area contributed by atoms with Crippen LogP contribution in [0.15, 0.2) is 17.0 Å². The second-order valence-corrected chi connectivity index (χ2v) is 5.50. The maximum absolute atomic E-state index is 11.9. The molecule has 0 atom stereocenters. The van der Waals surface area contributed by atoms with E-state index in [1.807, 2.05) is 13.8 Å². The normalized spacial score (nSPS) is 11.2. The fourth-order valence-corrected chi connectivity index (χ4v) is 2.77. The molecular formula is C12H16N2O2S. The SMILES string of the molecule is CCc1cc(S(=O)(=O)NC)c(CC)cc1C#N. The van der Waals surface area contributed by atoms with Crippen LogP contribution >= 0.6 is 0 Å². The molecule has 0 aliphatic heterocycles. The third-order valence-corrected chi connectivity index (χ3v) is 4.22. The molecular weight excluding hydrogens is 236 g/mol. The Morgan fingerprint density at radius 3 is 2.24 bits per heavy atom. The highest BCUT2D eigenvalue weighted by molar-refractivity contribution is 7.89. The van der Waals surface area contributed by atoms with E-state index in [1.165, 1.54) is 7.05 Å². The van der Waals surface area contributed by atoms with Gasteiger partial charge in [-0.1, -0.05) is 13.8 Å². The molecule has 1 aromatic rings. The van der Waals surface area contributed by atoms with Crippen molar-refractivity contribution in [2.45, 2.75) is 31.6 Å². The number of hydrogen-bond acceptors (Lipinski definition) is 3. The zero-order valence-electron chi connectivity index (χ0n) is 10.2. The number of rotatable bonds is 4. The maximum atomic E-state index is 11.9. The first-order chi connectivity index (χ1) is 8.00. The van der Waals surface area contributed by atoms with Crippen LogP contribution in [-0.2, 0) is 22.9 Å². The van der Waals surface area contributed by atoms with Crippen LogP contribution in [-0.4, -0.2) is 15.5 Å². The number of sulfonamides is 1. The molecule has 1 aromatic carbocycles. The van der Waals surface area contributed by atoms with Crippen LogP contribution in [0.4, 0.5) is 0 Å². The molecule has 0 aliphatic rings. The van der Waals surface area contributed by atoms with Crippen molar-refractivity contribution in [1.29, 1.82) is 5.26 Å². The van der Waals surface area contributed by atoms with Crippen molar-refractivity contribution < 1.29 is 8.42 Å². The molecule has 17 heavy (non-hydrogen) atoms. The van der Waals surface area contributed by atoms with Gasteiger partial charge in [-0.3, -0.25) is 0 Å². The smallest absolute Gasteiger partial charge is 0.214 e. The Bertz CT molecular complexity index is 557. The summed E-state index contributed by atoms with van der Waals surface area (Å²) in [4.78, 5) is 0.276. The third-order valence-electron chi connectivity index (χ3n) is 2.73. The van der Waals surface area contributed by atoms with Crippen LogP contribution in [0.3, 0.4) is 0 Å². The molecule has 0 amide bonds. The average Bonchev–Trinajstić information content (AvgIpc) is 2.36. The van der Waals surface area contributed by atoms with Crippen LogP contribution in [0, 0.1) is 11.3 Å². The van der Waals surface area contributed by atoms with Crippen LogP contribution in [0.5, 0.6) is 0 Å². The molecule has 0 fully saturated rings. The summed E-state index contributed by atoms with van der Waals surface area (Å²) < 4.78 is 26.0. The van der Waals surface area contributed by atoms with E-state index in [0.29, 0.717) is 24.0 Å². The quantitative estimate of drug-likeness (QED) is 0.884. The Balaban J connectivity index is 3.57. The van der Waals surface area contributed by atoms with E-state index in [1.54, 1.807) is 12.1 Å². The summed E-state index contributed by atoms with van der Waals surface area (Å²) in [5, 5.41) is 9.01. The van der Waals surface area contributed by atoms with Crippen molar-refractivity contribution in [2.75, 3.05) is 7.05 Å². The number of aryl methyl sites for hydroxylation is 2. The van der Waals surface area contributed by atoms with Gasteiger partial charge in [-0.05, 0) is 43.1 Å². The molecule has 0 radical (unpaired) electrons. The van der Waals surface area contributed by atoms with Gasteiger partial charge in [0.25, 0.3) is 0 Å². The minimum absolute atomic E-state index is 0.276. The zero-order valence-corrected chi connectivity index (χ0v) is 11.1. The standard InChI is InChI=1S/C12H16N2O2S/c1-4-9-7-12(17(15,16)14-3)10(5-2)6-11(9)8-13/h6-7,14H,4-5H2,1-3H3. The molecule has 0 unspecified atom stereocenters. The van der Waals surface area contributed by atoms with E-state index in [2.05, 4.69) is 10.8 Å². The first kappa shape index (κ1) is 13.7. The molecule has 92 valence electrons. The summed E-state index contributed by atoms with van der Waals surface area (Å²) in [7, 11) is -2.07. The zero-order chi connectivity index (χ0) is 13.1. The summed E-state index contributed by atoms with van der Waals surface area (Å²) in [6.45, 7) is 3.77. The largest absolute Gasteiger partial charge is 0.240 e. The Kier molecular flexibility index (Phi) is 4.27. The van der Waals surface area contributed by atoms with Crippen molar-refractivity contribution in [2.24, 2.45) is 0 Å². The maximum Gasteiger partial charge on any atom is 0.240 e. The van der Waals surface area contributed by atoms with Gasteiger partial charge in [0.15, 0.2) is 0 Å². The van der Waals surface area contributed by atoms with Crippen LogP contribution in [0.25, 0.3) is 0 Å². The van der Waals surface area contributed by atoms with Gasteiger partial charge >= 0.3 is 0 Å². The molecule has 1 rings (SSSR count). The number of nitrogens with one attached hydrogen (secondary N) is 1. The van der Waals surface area contributed by atoms with Gasteiger partial charge in [0.2, 0.25) is 10.0 Å². The molecule has 0 heterocycles. The van der Waals surface area contributed by atoms with E-state index >= 15 is 0 Å². The molecule has 5 heteroatoms. The van der Waals surface area contributed by atoms with Gasteiger partial charge in [0.05, 0.1) is 16.5 Å². The topological polar surface area (TPSA) is 70.0 Å². The second kappa shape index (κ2) is 5.30.